The lowest BCUT2D eigenvalue weighted by Gasteiger charge is -2.20. The van der Waals surface area contributed by atoms with Gasteiger partial charge in [0.25, 0.3) is 0 Å². The van der Waals surface area contributed by atoms with Crippen LogP contribution >= 0.6 is 0 Å². The monoisotopic (exact) mass is 422 g/mol. The Morgan fingerprint density at radius 1 is 1.11 bits per heavy atom. The van der Waals surface area contributed by atoms with Gasteiger partial charge in [-0.25, -0.2) is 8.93 Å². The van der Waals surface area contributed by atoms with Crippen molar-refractivity contribution < 1.29 is 30.9 Å². The third-order valence-corrected chi connectivity index (χ3v) is 4.01. The van der Waals surface area contributed by atoms with E-state index in [1.807, 2.05) is 4.72 Å². The Morgan fingerprint density at radius 3 is 2.21 bits per heavy atom. The second-order valence-electron chi connectivity index (χ2n) is 5.57. The lowest BCUT2D eigenvalue weighted by molar-refractivity contribution is -0.274. The van der Waals surface area contributed by atoms with Crippen molar-refractivity contribution in [2.24, 2.45) is 0 Å². The molecular formula is C16H15F5N4O2S. The molecule has 0 fully saturated rings. The second-order valence-corrected chi connectivity index (χ2v) is 6.77. The maximum atomic E-state index is 14.1. The molecule has 12 heteroatoms. The molecule has 0 radical (unpaired) electrons. The summed E-state index contributed by atoms with van der Waals surface area (Å²) in [6, 6.07) is 7.26. The number of alkyl halides is 5. The van der Waals surface area contributed by atoms with Gasteiger partial charge in [0.05, 0.1) is 17.5 Å². The van der Waals surface area contributed by atoms with Gasteiger partial charge in [-0.15, -0.1) is 13.2 Å². The molecule has 0 spiro atoms. The highest BCUT2D eigenvalue weighted by molar-refractivity contribution is 7.82. The quantitative estimate of drug-likeness (QED) is 0.380. The minimum absolute atomic E-state index is 0.294. The van der Waals surface area contributed by atoms with E-state index in [0.717, 1.165) is 24.6 Å². The summed E-state index contributed by atoms with van der Waals surface area (Å²) in [5, 5.41) is 15.5. The summed E-state index contributed by atoms with van der Waals surface area (Å²) >= 11 is 0. The highest BCUT2D eigenvalue weighted by Gasteiger charge is 2.36. The average Bonchev–Trinajstić information content (AvgIpc) is 2.59. The van der Waals surface area contributed by atoms with Crippen molar-refractivity contribution in [2.45, 2.75) is 12.3 Å². The zero-order valence-corrected chi connectivity index (χ0v) is 15.1. The number of rotatable bonds is 6. The van der Waals surface area contributed by atoms with E-state index in [1.165, 1.54) is 24.3 Å². The molecule has 1 atom stereocenters. The lowest BCUT2D eigenvalue weighted by Crippen LogP contribution is -2.46. The van der Waals surface area contributed by atoms with Crippen LogP contribution in [0.3, 0.4) is 0 Å². The standard InChI is InChI=1S/C16H15F5N4O2S/c1-28(26)24-9-15(17,18)14(23)25-8-11(4-7-13(25)22)10-2-5-12(6-3-10)27-16(19,20)21/h2-8,22-24H,9H2,1H3. The minimum atomic E-state index is -4.84. The van der Waals surface area contributed by atoms with Crippen molar-refractivity contribution in [3.05, 3.63) is 48.1 Å². The van der Waals surface area contributed by atoms with Crippen LogP contribution in [0.25, 0.3) is 11.1 Å². The van der Waals surface area contributed by atoms with Crippen LogP contribution in [0.5, 0.6) is 5.75 Å². The third kappa shape index (κ3) is 5.70. The Balaban J connectivity index is 2.31. The summed E-state index contributed by atoms with van der Waals surface area (Å²) in [5.41, 5.74) is 0.261. The van der Waals surface area contributed by atoms with Crippen LogP contribution in [-0.4, -0.2) is 39.7 Å². The van der Waals surface area contributed by atoms with Crippen LogP contribution in [0, 0.1) is 10.8 Å². The molecule has 0 aliphatic rings. The molecule has 0 amide bonds. The molecule has 6 nitrogen and oxygen atoms in total. The summed E-state index contributed by atoms with van der Waals surface area (Å²) in [4.78, 5) is 0. The van der Waals surface area contributed by atoms with Crippen molar-refractivity contribution in [3.8, 4) is 16.9 Å². The van der Waals surface area contributed by atoms with E-state index in [9.17, 15) is 26.2 Å². The van der Waals surface area contributed by atoms with Gasteiger partial charge in [0.15, 0.2) is 5.84 Å². The first-order valence-corrected chi connectivity index (χ1v) is 9.12. The van der Waals surface area contributed by atoms with Gasteiger partial charge in [-0.3, -0.25) is 15.4 Å². The molecule has 28 heavy (non-hydrogen) atoms. The third-order valence-electron chi connectivity index (χ3n) is 3.45. The molecule has 2 rings (SSSR count). The fourth-order valence-electron chi connectivity index (χ4n) is 2.16. The Hall–Kier alpha value is -2.60. The molecule has 1 aromatic heterocycles. The van der Waals surface area contributed by atoms with E-state index in [2.05, 4.69) is 4.74 Å². The molecule has 3 N–H and O–H groups in total. The van der Waals surface area contributed by atoms with Gasteiger partial charge in [-0.1, -0.05) is 12.1 Å². The van der Waals surface area contributed by atoms with Gasteiger partial charge in [0.1, 0.15) is 11.2 Å². The van der Waals surface area contributed by atoms with Gasteiger partial charge >= 0.3 is 12.3 Å². The molecular weight excluding hydrogens is 407 g/mol. The SMILES string of the molecule is CS(=O)NCC(F)(F)C(=N)n1cc(-c2ccc(OC(F)(F)F)cc2)ccc1=N. The zero-order chi connectivity index (χ0) is 21.1. The number of benzene rings is 1. The molecule has 0 saturated carbocycles. The largest absolute Gasteiger partial charge is 0.573 e. The Morgan fingerprint density at radius 2 is 1.68 bits per heavy atom. The maximum Gasteiger partial charge on any atom is 0.573 e. The molecule has 1 unspecified atom stereocenters. The molecule has 2 aromatic rings. The summed E-state index contributed by atoms with van der Waals surface area (Å²) in [6.45, 7) is -1.06. The molecule has 1 heterocycles. The lowest BCUT2D eigenvalue weighted by atomic mass is 10.1. The van der Waals surface area contributed by atoms with Crippen molar-refractivity contribution in [3.63, 3.8) is 0 Å². The summed E-state index contributed by atoms with van der Waals surface area (Å²) in [7, 11) is -1.71. The predicted octanol–water partition coefficient (Wildman–Crippen LogP) is 2.88. The molecule has 0 aliphatic heterocycles. The summed E-state index contributed by atoms with van der Waals surface area (Å²) in [5.74, 6) is -5.37. The van der Waals surface area contributed by atoms with Crippen LogP contribution in [0.15, 0.2) is 42.6 Å². The van der Waals surface area contributed by atoms with Gasteiger partial charge in [0.2, 0.25) is 0 Å². The first kappa shape index (κ1) is 21.7. The normalized spacial score (nSPS) is 13.2. The number of hydrogen-bond acceptors (Lipinski definition) is 4. The van der Waals surface area contributed by atoms with Crippen LogP contribution in [0.4, 0.5) is 22.0 Å². The molecule has 0 bridgehead atoms. The highest BCUT2D eigenvalue weighted by Crippen LogP contribution is 2.26. The molecule has 1 aromatic carbocycles. The van der Waals surface area contributed by atoms with E-state index in [4.69, 9.17) is 10.8 Å². The highest BCUT2D eigenvalue weighted by atomic mass is 32.2. The molecule has 0 aliphatic carbocycles. The average molecular weight is 422 g/mol. The van der Waals surface area contributed by atoms with Crippen molar-refractivity contribution in [1.29, 1.82) is 10.8 Å². The van der Waals surface area contributed by atoms with E-state index < -0.39 is 46.9 Å². The van der Waals surface area contributed by atoms with Crippen LogP contribution in [0.1, 0.15) is 0 Å². The fourth-order valence-corrected chi connectivity index (χ4v) is 2.54. The molecule has 152 valence electrons. The number of nitrogens with one attached hydrogen (secondary N) is 3. The smallest absolute Gasteiger partial charge is 0.406 e. The van der Waals surface area contributed by atoms with Crippen LogP contribution in [-0.2, 0) is 11.0 Å². The number of pyridine rings is 1. The van der Waals surface area contributed by atoms with Gasteiger partial charge in [-0.2, -0.15) is 8.78 Å². The minimum Gasteiger partial charge on any atom is -0.406 e. The number of nitrogens with zero attached hydrogens (tertiary/aromatic N) is 1. The van der Waals surface area contributed by atoms with Crippen molar-refractivity contribution >= 4 is 16.8 Å². The van der Waals surface area contributed by atoms with Crippen molar-refractivity contribution in [1.82, 2.24) is 9.29 Å². The zero-order valence-electron chi connectivity index (χ0n) is 14.3. The Kier molecular flexibility index (Phi) is 6.34. The van der Waals surface area contributed by atoms with Gasteiger partial charge in [-0.05, 0) is 35.4 Å². The Labute approximate surface area is 158 Å². The summed E-state index contributed by atoms with van der Waals surface area (Å²) in [6.07, 6.45) is -2.58. The first-order chi connectivity index (χ1) is 12.9. The van der Waals surface area contributed by atoms with E-state index in [0.29, 0.717) is 15.7 Å². The Bertz CT molecular complexity index is 941. The first-order valence-electron chi connectivity index (χ1n) is 7.57. The van der Waals surface area contributed by atoms with Crippen LogP contribution in [0.2, 0.25) is 0 Å². The number of hydrogen-bond donors (Lipinski definition) is 3. The topological polar surface area (TPSA) is 91.0 Å². The number of aromatic nitrogens is 1. The van der Waals surface area contributed by atoms with Gasteiger partial charge < -0.3 is 4.74 Å². The fraction of sp³-hybridized carbons (Fsp3) is 0.250. The molecule has 0 saturated heterocycles. The van der Waals surface area contributed by atoms with E-state index in [1.54, 1.807) is 0 Å². The summed E-state index contributed by atoms with van der Waals surface area (Å²) < 4.78 is 82.3. The second kappa shape index (κ2) is 8.19. The van der Waals surface area contributed by atoms with E-state index in [-0.39, 0.29) is 0 Å². The maximum absolute atomic E-state index is 14.1. The van der Waals surface area contributed by atoms with Crippen LogP contribution < -0.4 is 14.9 Å². The van der Waals surface area contributed by atoms with Crippen molar-refractivity contribution in [2.75, 3.05) is 12.8 Å². The number of halogens is 5. The number of ether oxygens (including phenoxy) is 1. The van der Waals surface area contributed by atoms with E-state index >= 15 is 0 Å². The predicted molar refractivity (Wildman–Crippen MR) is 92.5 cm³/mol. The van der Waals surface area contributed by atoms with Gasteiger partial charge in [0, 0.05) is 12.5 Å².